The number of aliphatic carboxylic acids is 1. The van der Waals surface area contributed by atoms with E-state index in [9.17, 15) is 9.90 Å². The van der Waals surface area contributed by atoms with Crippen LogP contribution in [0.3, 0.4) is 0 Å². The molecule has 21 heavy (non-hydrogen) atoms. The average Bonchev–Trinajstić information content (AvgIpc) is 2.81. The van der Waals surface area contributed by atoms with Gasteiger partial charge in [-0.1, -0.05) is 67.7 Å². The molecule has 0 spiro atoms. The fraction of sp³-hybridized carbons (Fsp3) is 0.188. The number of benzene rings is 2. The molecule has 5 heteroatoms. The molecule has 0 radical (unpaired) electrons. The summed E-state index contributed by atoms with van der Waals surface area (Å²) in [6.45, 7) is 0. The molecule has 0 aromatic heterocycles. The molecule has 0 aliphatic heterocycles. The fourth-order valence-corrected chi connectivity index (χ4v) is 3.66. The van der Waals surface area contributed by atoms with Gasteiger partial charge in [-0.3, -0.25) is 0 Å². The van der Waals surface area contributed by atoms with Gasteiger partial charge in [0.05, 0.1) is 15.6 Å². The number of fused-ring (bicyclic) bond motifs is 3. The molecular formula is C16H10Br2ClO2-. The van der Waals surface area contributed by atoms with E-state index in [0.29, 0.717) is 0 Å². The van der Waals surface area contributed by atoms with Gasteiger partial charge in [0.1, 0.15) is 0 Å². The number of hydrogen-bond acceptors (Lipinski definition) is 2. The lowest BCUT2D eigenvalue weighted by Crippen LogP contribution is -2.34. The van der Waals surface area contributed by atoms with Crippen LogP contribution in [0.1, 0.15) is 21.5 Å². The molecule has 108 valence electrons. The van der Waals surface area contributed by atoms with E-state index < -0.39 is 10.8 Å². The largest absolute Gasteiger partial charge is 0.549 e. The summed E-state index contributed by atoms with van der Waals surface area (Å²) in [6.07, 6.45) is 0.817. The molecule has 2 aromatic rings. The first-order chi connectivity index (χ1) is 9.97. The first-order valence-corrected chi connectivity index (χ1v) is 8.59. The molecular weight excluding hydrogens is 419 g/mol. The number of halogens is 3. The van der Waals surface area contributed by atoms with Gasteiger partial charge < -0.3 is 9.90 Å². The van der Waals surface area contributed by atoms with E-state index >= 15 is 0 Å². The molecule has 0 saturated heterocycles. The van der Waals surface area contributed by atoms with E-state index in [1.54, 1.807) is 0 Å². The first kappa shape index (κ1) is 15.1. The van der Waals surface area contributed by atoms with Crippen molar-refractivity contribution in [1.29, 1.82) is 0 Å². The van der Waals surface area contributed by atoms with Crippen LogP contribution in [0.15, 0.2) is 36.4 Å². The molecule has 3 rings (SSSR count). The number of carboxylic acid groups (broad SMARTS) is 1. The Hall–Kier alpha value is -0.840. The average molecular weight is 430 g/mol. The maximum absolute atomic E-state index is 11.0. The number of alkyl halides is 2. The van der Waals surface area contributed by atoms with Gasteiger partial charge in [-0.25, -0.2) is 0 Å². The van der Waals surface area contributed by atoms with Gasteiger partial charge >= 0.3 is 0 Å². The highest BCUT2D eigenvalue weighted by Crippen LogP contribution is 2.40. The van der Waals surface area contributed by atoms with Crippen molar-refractivity contribution < 1.29 is 9.90 Å². The molecule has 0 saturated carbocycles. The molecule has 0 bridgehead atoms. The highest BCUT2D eigenvalue weighted by Gasteiger charge is 2.23. The fourth-order valence-electron chi connectivity index (χ4n) is 2.66. The minimum atomic E-state index is -1.13. The summed E-state index contributed by atoms with van der Waals surface area (Å²) < 4.78 is 0. The Balaban J connectivity index is 1.97. The molecule has 0 amide bonds. The monoisotopic (exact) mass is 427 g/mol. The zero-order chi connectivity index (χ0) is 15.1. The van der Waals surface area contributed by atoms with Crippen molar-refractivity contribution in [3.63, 3.8) is 0 Å². The van der Waals surface area contributed by atoms with Gasteiger partial charge in [0.15, 0.2) is 0 Å². The molecule has 0 fully saturated rings. The summed E-state index contributed by atoms with van der Waals surface area (Å²) in [7, 11) is 0. The lowest BCUT2D eigenvalue weighted by Gasteiger charge is -2.18. The topological polar surface area (TPSA) is 40.1 Å². The molecule has 1 aliphatic rings. The van der Waals surface area contributed by atoms with Gasteiger partial charge in [0, 0.05) is 5.02 Å². The number of rotatable bonds is 3. The minimum absolute atomic E-state index is 0.333. The summed E-state index contributed by atoms with van der Waals surface area (Å²) >= 11 is 12.6. The van der Waals surface area contributed by atoms with Gasteiger partial charge in [0.25, 0.3) is 0 Å². The molecule has 2 atom stereocenters. The molecule has 2 nitrogen and oxygen atoms in total. The molecule has 1 aliphatic carbocycles. The predicted octanol–water partition coefficient (Wildman–Crippen LogP) is 3.86. The molecule has 2 aromatic carbocycles. The lowest BCUT2D eigenvalue weighted by atomic mass is 10.0. The van der Waals surface area contributed by atoms with Gasteiger partial charge in [0.2, 0.25) is 0 Å². The quantitative estimate of drug-likeness (QED) is 0.593. The maximum Gasteiger partial charge on any atom is 0.0707 e. The van der Waals surface area contributed by atoms with Gasteiger partial charge in [-0.05, 0) is 46.4 Å². The van der Waals surface area contributed by atoms with E-state index in [-0.39, 0.29) is 4.83 Å². The number of carbonyl (C=O) groups excluding carboxylic acids is 1. The third-order valence-corrected chi connectivity index (χ3v) is 6.57. The van der Waals surface area contributed by atoms with Crippen LogP contribution in [0, 0.1) is 0 Å². The summed E-state index contributed by atoms with van der Waals surface area (Å²) in [4.78, 5) is 9.86. The van der Waals surface area contributed by atoms with E-state index in [4.69, 9.17) is 11.6 Å². The van der Waals surface area contributed by atoms with E-state index in [1.165, 1.54) is 22.3 Å². The Labute approximate surface area is 144 Å². The number of carbonyl (C=O) groups is 1. The Morgan fingerprint density at radius 2 is 1.71 bits per heavy atom. The zero-order valence-electron chi connectivity index (χ0n) is 10.8. The third-order valence-electron chi connectivity index (χ3n) is 3.67. The van der Waals surface area contributed by atoms with Crippen LogP contribution in [0.25, 0.3) is 11.1 Å². The maximum atomic E-state index is 11.0. The van der Waals surface area contributed by atoms with Crippen LogP contribution in [0.2, 0.25) is 5.02 Å². The van der Waals surface area contributed by atoms with Crippen LogP contribution >= 0.6 is 43.5 Å². The highest BCUT2D eigenvalue weighted by molar-refractivity contribution is 9.12. The van der Waals surface area contributed by atoms with Crippen molar-refractivity contribution in [2.24, 2.45) is 0 Å². The van der Waals surface area contributed by atoms with Crippen molar-refractivity contribution in [3.8, 4) is 11.1 Å². The summed E-state index contributed by atoms with van der Waals surface area (Å²) in [6, 6.07) is 11.9. The second kappa shape index (κ2) is 5.75. The van der Waals surface area contributed by atoms with Gasteiger partial charge in [-0.15, -0.1) is 0 Å². The first-order valence-electron chi connectivity index (χ1n) is 6.38. The van der Waals surface area contributed by atoms with Crippen LogP contribution in [-0.2, 0) is 11.2 Å². The summed E-state index contributed by atoms with van der Waals surface area (Å²) in [5.41, 5.74) is 5.69. The normalized spacial score (nSPS) is 15.2. The van der Waals surface area contributed by atoms with Gasteiger partial charge in [-0.2, -0.15) is 0 Å². The smallest absolute Gasteiger partial charge is 0.0707 e. The van der Waals surface area contributed by atoms with E-state index in [0.717, 1.165) is 17.0 Å². The summed E-state index contributed by atoms with van der Waals surface area (Å²) in [5.74, 6) is -1.13. The van der Waals surface area contributed by atoms with Crippen molar-refractivity contribution in [2.75, 3.05) is 0 Å². The molecule has 0 heterocycles. The third kappa shape index (κ3) is 2.77. The van der Waals surface area contributed by atoms with Crippen LogP contribution in [0.4, 0.5) is 0 Å². The number of hydrogen-bond donors (Lipinski definition) is 0. The lowest BCUT2D eigenvalue weighted by molar-refractivity contribution is -0.304. The zero-order valence-corrected chi connectivity index (χ0v) is 14.7. The molecule has 2 unspecified atom stereocenters. The van der Waals surface area contributed by atoms with Crippen LogP contribution < -0.4 is 5.11 Å². The SMILES string of the molecule is O=C([O-])C(Br)C(Br)c1ccc2c(c1)Cc1cc(Cl)ccc1-2. The second-order valence-corrected chi connectivity index (χ2v) is 7.43. The molecule has 0 N–H and O–H groups in total. The Morgan fingerprint density at radius 3 is 2.38 bits per heavy atom. The van der Waals surface area contributed by atoms with Crippen molar-refractivity contribution in [3.05, 3.63) is 58.1 Å². The van der Waals surface area contributed by atoms with E-state index in [1.807, 2.05) is 36.4 Å². The standard InChI is InChI=1S/C16H11Br2ClO2/c17-14(15(18)16(20)21)8-1-3-12-9(5-8)6-10-7-11(19)2-4-13(10)12/h1-5,7,14-15H,6H2,(H,20,21)/p-1. The minimum Gasteiger partial charge on any atom is -0.549 e. The Morgan fingerprint density at radius 1 is 1.10 bits per heavy atom. The predicted molar refractivity (Wildman–Crippen MR) is 89.1 cm³/mol. The Bertz CT molecular complexity index is 730. The van der Waals surface area contributed by atoms with Crippen molar-refractivity contribution in [2.45, 2.75) is 16.1 Å². The van der Waals surface area contributed by atoms with E-state index in [2.05, 4.69) is 31.9 Å². The van der Waals surface area contributed by atoms with Crippen molar-refractivity contribution in [1.82, 2.24) is 0 Å². The summed E-state index contributed by atoms with van der Waals surface area (Å²) in [5, 5.41) is 11.7. The van der Waals surface area contributed by atoms with Crippen LogP contribution in [-0.4, -0.2) is 10.8 Å². The highest BCUT2D eigenvalue weighted by atomic mass is 79.9. The van der Waals surface area contributed by atoms with Crippen LogP contribution in [0.5, 0.6) is 0 Å². The van der Waals surface area contributed by atoms with Crippen molar-refractivity contribution >= 4 is 49.4 Å². The number of carboxylic acids is 1. The second-order valence-electron chi connectivity index (χ2n) is 5.02. The Kier molecular flexibility index (Phi) is 4.12.